The smallest absolute Gasteiger partial charge is 0.325 e. The number of ketones is 1. The number of nitrogens with zero attached hydrogens (tertiary/aromatic N) is 1. The van der Waals surface area contributed by atoms with Crippen molar-refractivity contribution in [3.05, 3.63) is 58.1 Å². The summed E-state index contributed by atoms with van der Waals surface area (Å²) >= 11 is 3.37. The Morgan fingerprint density at radius 2 is 1.89 bits per heavy atom. The molecular weight excluding hydrogens is 428 g/mol. The second kappa shape index (κ2) is 6.94. The monoisotopic (exact) mass is 444 g/mol. The van der Waals surface area contributed by atoms with Gasteiger partial charge < -0.3 is 14.8 Å². The van der Waals surface area contributed by atoms with Crippen LogP contribution in [0.25, 0.3) is 0 Å². The molecule has 2 aliphatic heterocycles. The van der Waals surface area contributed by atoms with Crippen LogP contribution in [0.5, 0.6) is 11.5 Å². The van der Waals surface area contributed by atoms with Crippen molar-refractivity contribution in [2.45, 2.75) is 12.5 Å². The Bertz CT molecular complexity index is 992. The molecule has 2 heterocycles. The minimum atomic E-state index is -1.23. The van der Waals surface area contributed by atoms with Gasteiger partial charge >= 0.3 is 6.03 Å². The highest BCUT2D eigenvalue weighted by molar-refractivity contribution is 9.10. The number of ether oxygens (including phenoxy) is 2. The Balaban J connectivity index is 1.56. The molecule has 0 unspecified atom stereocenters. The number of carbonyl (C=O) groups excluding carboxylic acids is 3. The first-order valence-electron chi connectivity index (χ1n) is 8.71. The number of imide groups is 1. The van der Waals surface area contributed by atoms with E-state index in [1.807, 2.05) is 6.07 Å². The molecule has 7 nitrogen and oxygen atoms in total. The molecule has 144 valence electrons. The van der Waals surface area contributed by atoms with E-state index in [2.05, 4.69) is 21.2 Å². The number of urea groups is 1. The van der Waals surface area contributed by atoms with Crippen LogP contribution in [0.15, 0.2) is 46.9 Å². The van der Waals surface area contributed by atoms with Crippen LogP contribution < -0.4 is 14.8 Å². The van der Waals surface area contributed by atoms with Gasteiger partial charge in [0.15, 0.2) is 17.3 Å². The topological polar surface area (TPSA) is 84.9 Å². The molecule has 2 aromatic rings. The van der Waals surface area contributed by atoms with Gasteiger partial charge in [-0.3, -0.25) is 14.5 Å². The lowest BCUT2D eigenvalue weighted by atomic mass is 9.92. The molecular formula is C20H17BrN2O5. The number of hydrogen-bond donors (Lipinski definition) is 1. The van der Waals surface area contributed by atoms with Crippen LogP contribution in [0.3, 0.4) is 0 Å². The Hall–Kier alpha value is -2.87. The molecule has 1 saturated heterocycles. The Morgan fingerprint density at radius 1 is 1.14 bits per heavy atom. The predicted molar refractivity (Wildman–Crippen MR) is 104 cm³/mol. The van der Waals surface area contributed by atoms with Crippen LogP contribution in [0.4, 0.5) is 4.79 Å². The summed E-state index contributed by atoms with van der Waals surface area (Å²) in [5, 5.41) is 2.70. The average molecular weight is 445 g/mol. The molecule has 1 fully saturated rings. The van der Waals surface area contributed by atoms with Gasteiger partial charge in [-0.25, -0.2) is 4.79 Å². The van der Waals surface area contributed by atoms with Gasteiger partial charge in [-0.15, -0.1) is 0 Å². The molecule has 1 N–H and O–H groups in total. The summed E-state index contributed by atoms with van der Waals surface area (Å²) in [6.07, 6.45) is 0. The minimum absolute atomic E-state index is 0.348. The largest absolute Gasteiger partial charge is 0.486 e. The van der Waals surface area contributed by atoms with Crippen molar-refractivity contribution in [1.82, 2.24) is 10.2 Å². The van der Waals surface area contributed by atoms with Crippen LogP contribution in [0.1, 0.15) is 22.8 Å². The molecule has 0 aliphatic carbocycles. The van der Waals surface area contributed by atoms with E-state index in [4.69, 9.17) is 9.47 Å². The van der Waals surface area contributed by atoms with Gasteiger partial charge in [-0.1, -0.05) is 28.1 Å². The molecule has 4 rings (SSSR count). The third-order valence-electron chi connectivity index (χ3n) is 4.84. The molecule has 2 aromatic carbocycles. The van der Waals surface area contributed by atoms with E-state index in [0.29, 0.717) is 35.8 Å². The van der Waals surface area contributed by atoms with Gasteiger partial charge in [-0.05, 0) is 42.8 Å². The first kappa shape index (κ1) is 18.5. The summed E-state index contributed by atoms with van der Waals surface area (Å²) < 4.78 is 11.7. The number of rotatable bonds is 4. The molecule has 0 spiro atoms. The van der Waals surface area contributed by atoms with Crippen LogP contribution >= 0.6 is 15.9 Å². The fourth-order valence-corrected chi connectivity index (χ4v) is 3.69. The highest BCUT2D eigenvalue weighted by Crippen LogP contribution is 2.32. The summed E-state index contributed by atoms with van der Waals surface area (Å²) in [6, 6.07) is 11.4. The van der Waals surface area contributed by atoms with Crippen LogP contribution in [-0.4, -0.2) is 42.4 Å². The number of halogens is 1. The van der Waals surface area contributed by atoms with Gasteiger partial charge in [0.2, 0.25) is 0 Å². The zero-order valence-electron chi connectivity index (χ0n) is 15.0. The van der Waals surface area contributed by atoms with Crippen LogP contribution in [0, 0.1) is 0 Å². The first-order valence-corrected chi connectivity index (χ1v) is 9.51. The van der Waals surface area contributed by atoms with E-state index >= 15 is 0 Å². The normalized spacial score (nSPS) is 20.9. The minimum Gasteiger partial charge on any atom is -0.486 e. The van der Waals surface area contributed by atoms with E-state index in [-0.39, 0.29) is 12.3 Å². The molecule has 1 atom stereocenters. The Kier molecular flexibility index (Phi) is 4.58. The van der Waals surface area contributed by atoms with Crippen molar-refractivity contribution in [1.29, 1.82) is 0 Å². The van der Waals surface area contributed by atoms with Gasteiger partial charge in [0.1, 0.15) is 18.8 Å². The second-order valence-electron chi connectivity index (χ2n) is 6.74. The van der Waals surface area contributed by atoms with Crippen LogP contribution in [0.2, 0.25) is 0 Å². The zero-order chi connectivity index (χ0) is 19.9. The highest BCUT2D eigenvalue weighted by atomic mass is 79.9. The first-order chi connectivity index (χ1) is 13.4. The number of hydrogen-bond acceptors (Lipinski definition) is 5. The number of benzene rings is 2. The van der Waals surface area contributed by atoms with E-state index in [9.17, 15) is 14.4 Å². The third kappa shape index (κ3) is 3.13. The third-order valence-corrected chi connectivity index (χ3v) is 5.34. The van der Waals surface area contributed by atoms with Crippen molar-refractivity contribution in [2.24, 2.45) is 0 Å². The fraction of sp³-hybridized carbons (Fsp3) is 0.250. The number of amides is 3. The van der Waals surface area contributed by atoms with E-state index in [1.165, 1.54) is 0 Å². The number of fused-ring (bicyclic) bond motifs is 1. The second-order valence-corrected chi connectivity index (χ2v) is 7.65. The number of nitrogens with one attached hydrogen (secondary N) is 1. The lowest BCUT2D eigenvalue weighted by Crippen LogP contribution is -2.41. The summed E-state index contributed by atoms with van der Waals surface area (Å²) in [4.78, 5) is 39.1. The molecule has 0 radical (unpaired) electrons. The molecule has 3 amide bonds. The molecule has 0 aromatic heterocycles. The van der Waals surface area contributed by atoms with Gasteiger partial charge in [-0.2, -0.15) is 0 Å². The SMILES string of the molecule is C[C@]1(c2cccc(Br)c2)NC(=O)N(CC(=O)c2ccc3c(c2)OCCO3)C1=O. The number of Topliss-reactive ketones (excluding diaryl/α,β-unsaturated/α-hetero) is 1. The van der Waals surface area contributed by atoms with Crippen molar-refractivity contribution in [2.75, 3.05) is 19.8 Å². The quantitative estimate of drug-likeness (QED) is 0.578. The maximum atomic E-state index is 13.0. The van der Waals surface area contributed by atoms with Gasteiger partial charge in [0.05, 0.1) is 6.54 Å². The summed E-state index contributed by atoms with van der Waals surface area (Å²) in [7, 11) is 0. The maximum absolute atomic E-state index is 13.0. The molecule has 0 saturated carbocycles. The maximum Gasteiger partial charge on any atom is 0.325 e. The van der Waals surface area contributed by atoms with E-state index in [0.717, 1.165) is 9.37 Å². The summed E-state index contributed by atoms with van der Waals surface area (Å²) in [6.45, 7) is 2.14. The zero-order valence-corrected chi connectivity index (χ0v) is 16.6. The van der Waals surface area contributed by atoms with Crippen molar-refractivity contribution >= 4 is 33.7 Å². The fourth-order valence-electron chi connectivity index (χ4n) is 3.29. The Labute approximate surface area is 169 Å². The molecule has 0 bridgehead atoms. The lowest BCUT2D eigenvalue weighted by Gasteiger charge is -2.22. The predicted octanol–water partition coefficient (Wildman–Crippen LogP) is 2.87. The molecule has 8 heteroatoms. The summed E-state index contributed by atoms with van der Waals surface area (Å²) in [5.74, 6) is 0.216. The number of carbonyl (C=O) groups is 3. The summed E-state index contributed by atoms with van der Waals surface area (Å²) in [5.41, 5.74) is -0.246. The van der Waals surface area contributed by atoms with Crippen molar-refractivity contribution < 1.29 is 23.9 Å². The van der Waals surface area contributed by atoms with Crippen LogP contribution in [-0.2, 0) is 10.3 Å². The van der Waals surface area contributed by atoms with E-state index < -0.39 is 17.5 Å². The van der Waals surface area contributed by atoms with Crippen molar-refractivity contribution in [3.63, 3.8) is 0 Å². The van der Waals surface area contributed by atoms with Crippen molar-refractivity contribution in [3.8, 4) is 11.5 Å². The van der Waals surface area contributed by atoms with Gasteiger partial charge in [0, 0.05) is 10.0 Å². The average Bonchev–Trinajstić information content (AvgIpc) is 2.91. The highest BCUT2D eigenvalue weighted by Gasteiger charge is 2.49. The standard InChI is InChI=1S/C20H17BrN2O5/c1-20(13-3-2-4-14(21)10-13)18(25)23(19(26)22-20)11-15(24)12-5-6-16-17(9-12)28-8-7-27-16/h2-6,9-10H,7-8,11H2,1H3,(H,22,26)/t20-/m1/s1. The van der Waals surface area contributed by atoms with E-state index in [1.54, 1.807) is 43.3 Å². The molecule has 2 aliphatic rings. The molecule has 28 heavy (non-hydrogen) atoms. The lowest BCUT2D eigenvalue weighted by molar-refractivity contribution is -0.130. The Morgan fingerprint density at radius 3 is 2.64 bits per heavy atom. The van der Waals surface area contributed by atoms with Gasteiger partial charge in [0.25, 0.3) is 5.91 Å².